The number of ether oxygens (including phenoxy) is 4. The second-order valence-electron chi connectivity index (χ2n) is 20.2. The molecule has 462 valence electrons. The molecule has 10 rings (SSSR count). The SMILES string of the molecule is CNCC1CCCN1C.COC(=O)c1cnc(Nc2cc([N+](=O)[O-])c(F)cc2OC)nc1-c1cn(C)c2ccccc12.COC(=O)c1cnc(Nc2cc([N+](=O)[O-])c(N(C)CC3CCCN3C)cc2OC)nc1-c1cn(C)c2ccccc12.O=CO[O-].[H-].[K+].[K+]. The number of halogens is 1. The van der Waals surface area contributed by atoms with E-state index in [9.17, 15) is 34.2 Å². The number of carbonyl (C=O) groups is 3. The average Bonchev–Trinajstić information content (AvgIpc) is 1.61. The molecule has 4 aromatic heterocycles. The van der Waals surface area contributed by atoms with Crippen LogP contribution >= 0.6 is 0 Å². The maximum absolute atomic E-state index is 14.0. The van der Waals surface area contributed by atoms with Crippen molar-refractivity contribution in [1.82, 2.24) is 44.2 Å². The first-order valence-corrected chi connectivity index (χ1v) is 27.2. The van der Waals surface area contributed by atoms with Crippen LogP contribution in [0.25, 0.3) is 44.3 Å². The summed E-state index contributed by atoms with van der Waals surface area (Å²) in [6.07, 6.45) is 11.3. The fourth-order valence-corrected chi connectivity index (χ4v) is 10.4. The smallest absolute Gasteiger partial charge is 1.00 e. The van der Waals surface area contributed by atoms with Crippen molar-refractivity contribution in [1.29, 1.82) is 0 Å². The van der Waals surface area contributed by atoms with Crippen molar-refractivity contribution in [3.63, 3.8) is 0 Å². The Morgan fingerprint density at radius 2 is 1.16 bits per heavy atom. The molecule has 30 heteroatoms. The topological polar surface area (TPSA) is 314 Å². The summed E-state index contributed by atoms with van der Waals surface area (Å²) in [4.78, 5) is 82.6. The number of likely N-dealkylation sites (tertiary alicyclic amines) is 2. The fourth-order valence-electron chi connectivity index (χ4n) is 10.4. The Kier molecular flexibility index (Phi) is 28.4. The zero-order valence-electron chi connectivity index (χ0n) is 52.7. The monoisotopic (exact) mass is 1280 g/mol. The molecule has 2 fully saturated rings. The van der Waals surface area contributed by atoms with Gasteiger partial charge in [0, 0.05) is 128 Å². The first-order valence-electron chi connectivity index (χ1n) is 27.2. The van der Waals surface area contributed by atoms with Crippen LogP contribution in [0.15, 0.2) is 97.6 Å². The van der Waals surface area contributed by atoms with E-state index in [-0.39, 0.29) is 151 Å². The molecule has 2 aliphatic rings. The van der Waals surface area contributed by atoms with Crippen molar-refractivity contribution in [3.05, 3.63) is 135 Å². The largest absolute Gasteiger partial charge is 1.00 e. The number of carbonyl (C=O) groups excluding carboxylic acids is 3. The van der Waals surface area contributed by atoms with Crippen molar-refractivity contribution in [2.24, 2.45) is 14.1 Å². The summed E-state index contributed by atoms with van der Waals surface area (Å²) in [5.41, 5.74) is 4.33. The van der Waals surface area contributed by atoms with Gasteiger partial charge in [0.15, 0.2) is 0 Å². The van der Waals surface area contributed by atoms with Crippen LogP contribution in [0.2, 0.25) is 0 Å². The van der Waals surface area contributed by atoms with Crippen molar-refractivity contribution in [2.75, 3.05) is 98.3 Å². The van der Waals surface area contributed by atoms with Gasteiger partial charge in [-0.2, -0.15) is 4.39 Å². The third-order valence-corrected chi connectivity index (χ3v) is 14.9. The Balaban J connectivity index is 0.000000315. The molecule has 89 heavy (non-hydrogen) atoms. The van der Waals surface area contributed by atoms with E-state index in [1.54, 1.807) is 6.07 Å². The van der Waals surface area contributed by atoms with Gasteiger partial charge >= 0.3 is 120 Å². The normalized spacial score (nSPS) is 14.2. The number of aromatic nitrogens is 6. The van der Waals surface area contributed by atoms with E-state index in [0.717, 1.165) is 71.5 Å². The number of nitro groups is 2. The van der Waals surface area contributed by atoms with Crippen LogP contribution in [-0.2, 0) is 33.3 Å². The standard InChI is InChI=1S/C29H33N7O5.C22H18FN5O5.C7H16N2.CH2O3.2K.H/c1-33-12-8-9-18(33)16-34(2)24-14-26(40-4)22(13-25(24)36(38)39)31-29-30-15-20(28(37)41-5)27(32-29)21-17-35(3)23-11-7-6-10-19(21)23;1-27-11-14(12-6-4-5-7-17(12)27)20-13(21(29)33-3)10-24-22(26-20)25-16-9-18(28(30)31)15(23)8-19(16)32-2;1-8-6-7-4-3-5-9(7)2;2-1-4-3;;;/h6-7,10-11,13-15,17-18H,8-9,12,16H2,1-5H3,(H,30,31,32);4-11H,1-3H3,(H,24,25,26);7-8H,3-6H2,1-2H3;1,3H;;;/q;;;;2*+1;-1/p-1. The summed E-state index contributed by atoms with van der Waals surface area (Å²) in [5.74, 6) is -1.67. The predicted octanol–water partition coefficient (Wildman–Crippen LogP) is 1.69. The van der Waals surface area contributed by atoms with Gasteiger partial charge in [-0.25, -0.2) is 29.5 Å². The Bertz CT molecular complexity index is 3790. The van der Waals surface area contributed by atoms with Crippen molar-refractivity contribution in [3.8, 4) is 34.0 Å². The van der Waals surface area contributed by atoms with Crippen LogP contribution in [0.5, 0.6) is 11.5 Å². The molecule has 8 aromatic rings. The minimum absolute atomic E-state index is 0. The summed E-state index contributed by atoms with van der Waals surface area (Å²) in [6, 6.07) is 21.5. The molecule has 0 radical (unpaired) electrons. The third kappa shape index (κ3) is 17.9. The Morgan fingerprint density at radius 3 is 1.56 bits per heavy atom. The van der Waals surface area contributed by atoms with Gasteiger partial charge in [0.25, 0.3) is 12.2 Å². The molecule has 2 unspecified atom stereocenters. The second kappa shape index (κ2) is 34.5. The molecule has 27 nitrogen and oxygen atoms in total. The van der Waals surface area contributed by atoms with Gasteiger partial charge in [0.1, 0.15) is 28.3 Å². The van der Waals surface area contributed by atoms with Gasteiger partial charge < -0.3 is 70.3 Å². The van der Waals surface area contributed by atoms with Crippen LogP contribution in [0, 0.1) is 26.0 Å². The molecule has 0 spiro atoms. The predicted molar refractivity (Wildman–Crippen MR) is 323 cm³/mol. The van der Waals surface area contributed by atoms with E-state index in [0.29, 0.717) is 46.7 Å². The molecule has 4 aromatic carbocycles. The minimum atomic E-state index is -1.04. The summed E-state index contributed by atoms with van der Waals surface area (Å²) < 4.78 is 38.5. The summed E-state index contributed by atoms with van der Waals surface area (Å²) in [6.45, 7) is 3.92. The van der Waals surface area contributed by atoms with Crippen LogP contribution in [0.1, 0.15) is 47.8 Å². The zero-order valence-corrected chi connectivity index (χ0v) is 58.0. The third-order valence-electron chi connectivity index (χ3n) is 14.9. The van der Waals surface area contributed by atoms with Gasteiger partial charge in [-0.1, -0.05) is 36.4 Å². The van der Waals surface area contributed by atoms with E-state index in [4.69, 9.17) is 29.0 Å². The molecule has 0 bridgehead atoms. The molecule has 3 N–H and O–H groups in total. The zero-order chi connectivity index (χ0) is 63.1. The van der Waals surface area contributed by atoms with Crippen molar-refractivity contribution in [2.45, 2.75) is 37.8 Å². The molecule has 2 aliphatic heterocycles. The van der Waals surface area contributed by atoms with Crippen LogP contribution in [0.4, 0.5) is 44.7 Å². The van der Waals surface area contributed by atoms with Gasteiger partial charge in [0.2, 0.25) is 17.7 Å². The van der Waals surface area contributed by atoms with Gasteiger partial charge in [-0.3, -0.25) is 25.0 Å². The van der Waals surface area contributed by atoms with Crippen molar-refractivity contribution >= 4 is 80.6 Å². The molecule has 0 aliphatic carbocycles. The van der Waals surface area contributed by atoms with Crippen LogP contribution in [0.3, 0.4) is 0 Å². The van der Waals surface area contributed by atoms with Crippen LogP contribution < -0.4 is 138 Å². The van der Waals surface area contributed by atoms with Gasteiger partial charge in [-0.15, -0.1) is 0 Å². The van der Waals surface area contributed by atoms with E-state index in [2.05, 4.69) is 64.7 Å². The van der Waals surface area contributed by atoms with Gasteiger partial charge in [0.05, 0.1) is 61.0 Å². The Labute approximate surface area is 599 Å². The van der Waals surface area contributed by atoms with Crippen LogP contribution in [-0.4, -0.2) is 162 Å². The summed E-state index contributed by atoms with van der Waals surface area (Å²) in [7, 11) is 17.3. The number of rotatable bonds is 18. The molecular formula is C59H69FK2N14O13. The first kappa shape index (κ1) is 73.1. The van der Waals surface area contributed by atoms with Crippen molar-refractivity contribution < 1.29 is 162 Å². The number of hydrogen-bond acceptors (Lipinski definition) is 23. The number of nitro benzene ring substituents is 2. The van der Waals surface area contributed by atoms with Gasteiger partial charge in [-0.05, 0) is 72.0 Å². The number of esters is 2. The number of para-hydroxylation sites is 2. The quantitative estimate of drug-likeness (QED) is 0.0275. The van der Waals surface area contributed by atoms with E-state index >= 15 is 0 Å². The van der Waals surface area contributed by atoms with E-state index < -0.39 is 33.3 Å². The maximum atomic E-state index is 14.0. The molecule has 6 heterocycles. The number of methoxy groups -OCH3 is 4. The average molecular weight is 1280 g/mol. The molecule has 0 amide bonds. The number of hydrogen-bond donors (Lipinski definition) is 3. The number of fused-ring (bicyclic) bond motifs is 2. The summed E-state index contributed by atoms with van der Waals surface area (Å²) in [5, 5.41) is 42.6. The molecular weight excluding hydrogens is 1210 g/mol. The summed E-state index contributed by atoms with van der Waals surface area (Å²) >= 11 is 0. The Morgan fingerprint density at radius 1 is 0.719 bits per heavy atom. The number of nitrogens with one attached hydrogen (secondary N) is 3. The molecule has 0 saturated carbocycles. The number of benzene rings is 4. The molecule has 2 saturated heterocycles. The fraction of sp³-hybridized carbons (Fsp3) is 0.339. The number of aryl methyl sites for hydroxylation is 2. The second-order valence-corrected chi connectivity index (χ2v) is 20.2. The number of nitrogens with zero attached hydrogens (tertiary/aromatic N) is 11. The molecule has 2 atom stereocenters. The van der Waals surface area contributed by atoms with E-state index in [1.165, 1.54) is 66.3 Å². The Hall–Kier alpha value is -6.63. The number of likely N-dealkylation sites (N-methyl/N-ethyl adjacent to an activating group) is 4. The number of anilines is 5. The van der Waals surface area contributed by atoms with E-state index in [1.807, 2.05) is 103 Å². The first-order chi connectivity index (χ1) is 41.8. The maximum Gasteiger partial charge on any atom is 1.00 e. The minimum Gasteiger partial charge on any atom is -1.00 e.